The normalized spacial score (nSPS) is 18.1. The van der Waals surface area contributed by atoms with E-state index in [-0.39, 0.29) is 5.92 Å². The predicted molar refractivity (Wildman–Crippen MR) is 84.7 cm³/mol. The smallest absolute Gasteiger partial charge is 0.150 e. The summed E-state index contributed by atoms with van der Waals surface area (Å²) in [6.45, 7) is 5.07. The maximum atomic E-state index is 14.1. The Morgan fingerprint density at radius 1 is 1.32 bits per heavy atom. The fourth-order valence-corrected chi connectivity index (χ4v) is 3.42. The Hall–Kier alpha value is -1.23. The van der Waals surface area contributed by atoms with E-state index in [4.69, 9.17) is 16.3 Å². The molecule has 0 aliphatic carbocycles. The Bertz CT molecular complexity index is 711. The van der Waals surface area contributed by atoms with Crippen molar-refractivity contribution in [3.8, 4) is 0 Å². The van der Waals surface area contributed by atoms with Crippen molar-refractivity contribution in [3.05, 3.63) is 40.3 Å². The summed E-state index contributed by atoms with van der Waals surface area (Å²) in [6, 6.07) is 3.00. The first kappa shape index (κ1) is 15.7. The minimum absolute atomic E-state index is 0.116. The average Bonchev–Trinajstić information content (AvgIpc) is 2.46. The van der Waals surface area contributed by atoms with Crippen LogP contribution in [0.2, 0.25) is 5.02 Å². The van der Waals surface area contributed by atoms with E-state index in [9.17, 15) is 9.50 Å². The summed E-state index contributed by atoms with van der Waals surface area (Å²) < 4.78 is 19.5. The van der Waals surface area contributed by atoms with Gasteiger partial charge in [0.05, 0.1) is 5.60 Å². The van der Waals surface area contributed by atoms with E-state index < -0.39 is 11.4 Å². The van der Waals surface area contributed by atoms with E-state index >= 15 is 0 Å². The molecule has 3 rings (SSSR count). The van der Waals surface area contributed by atoms with Gasteiger partial charge >= 0.3 is 0 Å². The number of hydrogen-bond donors (Lipinski definition) is 1. The van der Waals surface area contributed by atoms with Gasteiger partial charge < -0.3 is 9.84 Å². The zero-order chi connectivity index (χ0) is 15.9. The zero-order valence-corrected chi connectivity index (χ0v) is 13.5. The second kappa shape index (κ2) is 5.76. The highest BCUT2D eigenvalue weighted by molar-refractivity contribution is 6.31. The Morgan fingerprint density at radius 2 is 2.00 bits per heavy atom. The molecule has 22 heavy (non-hydrogen) atoms. The molecule has 0 bridgehead atoms. The van der Waals surface area contributed by atoms with Crippen molar-refractivity contribution in [1.29, 1.82) is 0 Å². The van der Waals surface area contributed by atoms with Crippen LogP contribution in [0.4, 0.5) is 4.39 Å². The van der Waals surface area contributed by atoms with Crippen LogP contribution in [0.1, 0.15) is 43.7 Å². The highest BCUT2D eigenvalue weighted by atomic mass is 35.5. The van der Waals surface area contributed by atoms with Crippen molar-refractivity contribution in [3.63, 3.8) is 0 Å². The first-order valence-corrected chi connectivity index (χ1v) is 7.88. The van der Waals surface area contributed by atoms with Crippen molar-refractivity contribution in [2.24, 2.45) is 0 Å². The van der Waals surface area contributed by atoms with Gasteiger partial charge in [0.2, 0.25) is 0 Å². The molecular weight excluding hydrogens is 305 g/mol. The SMILES string of the molecule is CC(C)c1c(C2(O)CCOCC2)cnc2c(F)cc(Cl)cc12. The van der Waals surface area contributed by atoms with Crippen molar-refractivity contribution in [2.75, 3.05) is 13.2 Å². The lowest BCUT2D eigenvalue weighted by atomic mass is 9.80. The van der Waals surface area contributed by atoms with E-state index in [1.54, 1.807) is 12.3 Å². The summed E-state index contributed by atoms with van der Waals surface area (Å²) in [5.41, 5.74) is 1.00. The van der Waals surface area contributed by atoms with Crippen LogP contribution in [0.3, 0.4) is 0 Å². The van der Waals surface area contributed by atoms with Crippen molar-refractivity contribution < 1.29 is 14.2 Å². The Kier molecular flexibility index (Phi) is 4.10. The minimum Gasteiger partial charge on any atom is -0.385 e. The van der Waals surface area contributed by atoms with Crippen LogP contribution in [0.25, 0.3) is 10.9 Å². The third-order valence-corrected chi connectivity index (χ3v) is 4.55. The maximum absolute atomic E-state index is 14.1. The van der Waals surface area contributed by atoms with Gasteiger partial charge in [-0.05, 0) is 23.6 Å². The van der Waals surface area contributed by atoms with Crippen LogP contribution in [-0.2, 0) is 10.3 Å². The fourth-order valence-electron chi connectivity index (χ4n) is 3.22. The molecule has 1 aliphatic heterocycles. The number of hydrogen-bond acceptors (Lipinski definition) is 3. The molecule has 2 aromatic rings. The van der Waals surface area contributed by atoms with Crippen LogP contribution in [0.5, 0.6) is 0 Å². The number of nitrogens with zero attached hydrogens (tertiary/aromatic N) is 1. The summed E-state index contributed by atoms with van der Waals surface area (Å²) in [4.78, 5) is 4.25. The van der Waals surface area contributed by atoms with E-state index in [1.165, 1.54) is 6.07 Å². The summed E-state index contributed by atoms with van der Waals surface area (Å²) in [5, 5.41) is 12.0. The number of ether oxygens (including phenoxy) is 1. The molecular formula is C17H19ClFNO2. The molecule has 0 radical (unpaired) electrons. The van der Waals surface area contributed by atoms with Gasteiger partial charge in [-0.25, -0.2) is 4.39 Å². The molecule has 118 valence electrons. The number of halogens is 2. The fraction of sp³-hybridized carbons (Fsp3) is 0.471. The average molecular weight is 324 g/mol. The van der Waals surface area contributed by atoms with Gasteiger partial charge in [0.15, 0.2) is 5.82 Å². The molecule has 0 spiro atoms. The van der Waals surface area contributed by atoms with Gasteiger partial charge in [-0.2, -0.15) is 0 Å². The minimum atomic E-state index is -0.974. The number of fused-ring (bicyclic) bond motifs is 1. The predicted octanol–water partition coefficient (Wildman–Crippen LogP) is 4.15. The van der Waals surface area contributed by atoms with Crippen LogP contribution in [0, 0.1) is 5.82 Å². The van der Waals surface area contributed by atoms with Crippen LogP contribution in [0.15, 0.2) is 18.3 Å². The first-order chi connectivity index (χ1) is 10.4. The van der Waals surface area contributed by atoms with Gasteiger partial charge in [0, 0.05) is 48.2 Å². The quantitative estimate of drug-likeness (QED) is 0.902. The van der Waals surface area contributed by atoms with Gasteiger partial charge in [0.25, 0.3) is 0 Å². The summed E-state index contributed by atoms with van der Waals surface area (Å²) in [7, 11) is 0. The first-order valence-electron chi connectivity index (χ1n) is 7.50. The number of pyridine rings is 1. The standard InChI is InChI=1S/C17H19ClFNO2/c1-10(2)15-12-7-11(18)8-14(19)16(12)20-9-13(15)17(21)3-5-22-6-4-17/h7-10,21H,3-6H2,1-2H3. The molecule has 0 atom stereocenters. The van der Waals surface area contributed by atoms with Crippen molar-refractivity contribution in [1.82, 2.24) is 4.98 Å². The maximum Gasteiger partial charge on any atom is 0.150 e. The molecule has 1 aromatic heterocycles. The summed E-state index contributed by atoms with van der Waals surface area (Å²) in [6.07, 6.45) is 2.64. The van der Waals surface area contributed by atoms with E-state index in [0.29, 0.717) is 42.0 Å². The third kappa shape index (κ3) is 2.60. The van der Waals surface area contributed by atoms with Gasteiger partial charge in [-0.15, -0.1) is 0 Å². The molecule has 5 heteroatoms. The molecule has 1 aromatic carbocycles. The molecule has 1 saturated heterocycles. The van der Waals surface area contributed by atoms with E-state index in [0.717, 1.165) is 11.1 Å². The molecule has 1 N–H and O–H groups in total. The highest BCUT2D eigenvalue weighted by Crippen LogP contribution is 2.40. The molecule has 0 amide bonds. The van der Waals surface area contributed by atoms with Gasteiger partial charge in [-0.1, -0.05) is 25.4 Å². The number of aromatic nitrogens is 1. The van der Waals surface area contributed by atoms with E-state index in [2.05, 4.69) is 4.98 Å². The van der Waals surface area contributed by atoms with Crippen LogP contribution < -0.4 is 0 Å². The molecule has 3 nitrogen and oxygen atoms in total. The number of aliphatic hydroxyl groups is 1. The highest BCUT2D eigenvalue weighted by Gasteiger charge is 2.35. The van der Waals surface area contributed by atoms with Crippen LogP contribution in [-0.4, -0.2) is 23.3 Å². The topological polar surface area (TPSA) is 42.4 Å². The van der Waals surface area contributed by atoms with Crippen LogP contribution >= 0.6 is 11.6 Å². The molecule has 1 aliphatic rings. The lowest BCUT2D eigenvalue weighted by Gasteiger charge is -2.35. The second-order valence-electron chi connectivity index (χ2n) is 6.17. The Morgan fingerprint density at radius 3 is 2.64 bits per heavy atom. The lowest BCUT2D eigenvalue weighted by molar-refractivity contribution is -0.0686. The molecule has 1 fully saturated rings. The van der Waals surface area contributed by atoms with E-state index in [1.807, 2.05) is 13.8 Å². The number of benzene rings is 1. The Labute approximate surface area is 134 Å². The van der Waals surface area contributed by atoms with Gasteiger partial charge in [0.1, 0.15) is 5.52 Å². The molecule has 2 heterocycles. The lowest BCUT2D eigenvalue weighted by Crippen LogP contribution is -2.34. The summed E-state index contributed by atoms with van der Waals surface area (Å²) in [5.74, 6) is -0.319. The Balaban J connectivity index is 2.29. The monoisotopic (exact) mass is 323 g/mol. The van der Waals surface area contributed by atoms with Crippen molar-refractivity contribution in [2.45, 2.75) is 38.2 Å². The second-order valence-corrected chi connectivity index (χ2v) is 6.60. The van der Waals surface area contributed by atoms with Crippen molar-refractivity contribution >= 4 is 22.5 Å². The third-order valence-electron chi connectivity index (χ3n) is 4.33. The number of rotatable bonds is 2. The largest absolute Gasteiger partial charge is 0.385 e. The molecule has 0 saturated carbocycles. The van der Waals surface area contributed by atoms with Gasteiger partial charge in [-0.3, -0.25) is 4.98 Å². The zero-order valence-electron chi connectivity index (χ0n) is 12.7. The molecule has 0 unspecified atom stereocenters. The summed E-state index contributed by atoms with van der Waals surface area (Å²) >= 11 is 6.02.